The summed E-state index contributed by atoms with van der Waals surface area (Å²) < 4.78 is 0. The number of aromatic nitrogens is 3. The second kappa shape index (κ2) is 5.83. The van der Waals surface area contributed by atoms with Crippen LogP contribution < -0.4 is 5.56 Å². The minimum absolute atomic E-state index is 0.136. The van der Waals surface area contributed by atoms with Gasteiger partial charge in [0, 0.05) is 11.1 Å². The third kappa shape index (κ3) is 2.39. The van der Waals surface area contributed by atoms with Crippen LogP contribution in [0.3, 0.4) is 0 Å². The number of phenolic OH excluding ortho intramolecular Hbond substituents is 1. The van der Waals surface area contributed by atoms with Crippen molar-refractivity contribution in [2.24, 2.45) is 0 Å². The number of terminal acetylenes is 1. The van der Waals surface area contributed by atoms with E-state index in [1.165, 1.54) is 0 Å². The van der Waals surface area contributed by atoms with Gasteiger partial charge in [-0.15, -0.1) is 6.42 Å². The zero-order chi connectivity index (χ0) is 18.3. The summed E-state index contributed by atoms with van der Waals surface area (Å²) in [6.45, 7) is 0. The molecule has 0 fully saturated rings. The monoisotopic (exact) mass is 343 g/mol. The first-order valence-corrected chi connectivity index (χ1v) is 7.79. The van der Waals surface area contributed by atoms with E-state index in [1.807, 2.05) is 36.4 Å². The maximum Gasteiger partial charge on any atom is 0.269 e. The number of fused-ring (bicyclic) bond motifs is 1. The number of phenols is 1. The second-order valence-corrected chi connectivity index (χ2v) is 5.73. The standard InChI is InChI=1S/C20H13N3O3/c1-2-13-17(25)16-19(23-20(13)26)22-18(21-16)12-9-7-11(8-10-12)14-5-3-4-6-15(14)24/h1,3-10,24H,(H3,21,22,23,25,26). The fourth-order valence-electron chi connectivity index (χ4n) is 2.83. The van der Waals surface area contributed by atoms with Gasteiger partial charge in [0.1, 0.15) is 22.7 Å². The van der Waals surface area contributed by atoms with Gasteiger partial charge in [-0.1, -0.05) is 48.4 Å². The number of nitrogens with one attached hydrogen (secondary N) is 2. The lowest BCUT2D eigenvalue weighted by Crippen LogP contribution is -2.09. The number of rotatable bonds is 2. The number of pyridine rings is 1. The number of imidazole rings is 1. The summed E-state index contributed by atoms with van der Waals surface area (Å²) in [5.41, 5.74) is 2.14. The molecule has 2 heterocycles. The predicted octanol–water partition coefficient (Wildman–Crippen LogP) is 2.98. The Morgan fingerprint density at radius 1 is 0.962 bits per heavy atom. The van der Waals surface area contributed by atoms with Gasteiger partial charge in [-0.25, -0.2) is 4.98 Å². The summed E-state index contributed by atoms with van der Waals surface area (Å²) in [5.74, 6) is 2.55. The number of nitrogens with zero attached hydrogens (tertiary/aromatic N) is 1. The predicted molar refractivity (Wildman–Crippen MR) is 98.9 cm³/mol. The van der Waals surface area contributed by atoms with Gasteiger partial charge in [-0.05, 0) is 11.6 Å². The molecule has 6 nitrogen and oxygen atoms in total. The van der Waals surface area contributed by atoms with Crippen molar-refractivity contribution in [2.45, 2.75) is 0 Å². The third-order valence-corrected chi connectivity index (χ3v) is 4.15. The van der Waals surface area contributed by atoms with Crippen LogP contribution in [0.2, 0.25) is 0 Å². The highest BCUT2D eigenvalue weighted by Gasteiger charge is 2.15. The summed E-state index contributed by atoms with van der Waals surface area (Å²) in [6, 6.07) is 14.4. The molecule has 6 heteroatoms. The lowest BCUT2D eigenvalue weighted by molar-refractivity contribution is 0.477. The number of hydrogen-bond acceptors (Lipinski definition) is 4. The van der Waals surface area contributed by atoms with Gasteiger partial charge in [0.15, 0.2) is 11.4 Å². The molecule has 0 aliphatic heterocycles. The maximum absolute atomic E-state index is 11.8. The molecule has 2 aromatic carbocycles. The molecule has 0 atom stereocenters. The molecule has 0 unspecified atom stereocenters. The molecule has 4 N–H and O–H groups in total. The van der Waals surface area contributed by atoms with E-state index in [1.54, 1.807) is 12.1 Å². The Labute approximate surface area is 147 Å². The molecule has 4 aromatic rings. The van der Waals surface area contributed by atoms with Crippen LogP contribution in [-0.2, 0) is 0 Å². The van der Waals surface area contributed by atoms with Crippen LogP contribution in [0, 0.1) is 12.3 Å². The van der Waals surface area contributed by atoms with Crippen LogP contribution >= 0.6 is 0 Å². The van der Waals surface area contributed by atoms with E-state index >= 15 is 0 Å². The highest BCUT2D eigenvalue weighted by Crippen LogP contribution is 2.31. The number of aromatic hydroxyl groups is 2. The minimum Gasteiger partial charge on any atom is -0.507 e. The van der Waals surface area contributed by atoms with Crippen LogP contribution in [0.25, 0.3) is 33.7 Å². The summed E-state index contributed by atoms with van der Waals surface area (Å²) in [6.07, 6.45) is 5.26. The molecule has 4 rings (SSSR count). The maximum atomic E-state index is 11.8. The Morgan fingerprint density at radius 2 is 1.65 bits per heavy atom. The van der Waals surface area contributed by atoms with E-state index in [9.17, 15) is 15.0 Å². The van der Waals surface area contributed by atoms with Gasteiger partial charge in [-0.3, -0.25) is 4.79 Å². The average molecular weight is 343 g/mol. The molecule has 0 radical (unpaired) electrons. The van der Waals surface area contributed by atoms with Gasteiger partial charge in [0.05, 0.1) is 0 Å². The summed E-state index contributed by atoms with van der Waals surface area (Å²) in [7, 11) is 0. The van der Waals surface area contributed by atoms with Crippen LogP contribution in [0.4, 0.5) is 0 Å². The Morgan fingerprint density at radius 3 is 2.35 bits per heavy atom. The van der Waals surface area contributed by atoms with E-state index in [0.717, 1.165) is 16.7 Å². The Balaban J connectivity index is 1.79. The normalized spacial score (nSPS) is 10.7. The number of benzene rings is 2. The van der Waals surface area contributed by atoms with Crippen molar-refractivity contribution in [1.82, 2.24) is 15.0 Å². The van der Waals surface area contributed by atoms with Gasteiger partial charge in [-0.2, -0.15) is 0 Å². The van der Waals surface area contributed by atoms with E-state index in [0.29, 0.717) is 5.82 Å². The Hall–Kier alpha value is -3.98. The first-order chi connectivity index (χ1) is 12.6. The molecule has 0 saturated heterocycles. The molecule has 0 bridgehead atoms. The fraction of sp³-hybridized carbons (Fsp3) is 0. The largest absolute Gasteiger partial charge is 0.507 e. The van der Waals surface area contributed by atoms with Crippen molar-refractivity contribution in [2.75, 3.05) is 0 Å². The molecular weight excluding hydrogens is 330 g/mol. The zero-order valence-corrected chi connectivity index (χ0v) is 13.4. The van der Waals surface area contributed by atoms with Crippen LogP contribution in [0.1, 0.15) is 5.56 Å². The van der Waals surface area contributed by atoms with Gasteiger partial charge in [0.2, 0.25) is 0 Å². The number of aromatic amines is 2. The molecule has 0 spiro atoms. The quantitative estimate of drug-likeness (QED) is 0.420. The molecule has 26 heavy (non-hydrogen) atoms. The van der Waals surface area contributed by atoms with Gasteiger partial charge >= 0.3 is 0 Å². The van der Waals surface area contributed by atoms with Crippen molar-refractivity contribution < 1.29 is 10.2 Å². The topological polar surface area (TPSA) is 102 Å². The summed E-state index contributed by atoms with van der Waals surface area (Å²) in [5, 5.41) is 20.1. The van der Waals surface area contributed by atoms with Crippen molar-refractivity contribution in [1.29, 1.82) is 0 Å². The van der Waals surface area contributed by atoms with Gasteiger partial charge in [0.25, 0.3) is 5.56 Å². The molecule has 126 valence electrons. The van der Waals surface area contributed by atoms with Gasteiger partial charge < -0.3 is 20.2 Å². The number of H-pyrrole nitrogens is 2. The minimum atomic E-state index is -0.564. The smallest absolute Gasteiger partial charge is 0.269 e. The molecule has 0 amide bonds. The van der Waals surface area contributed by atoms with Crippen LogP contribution in [0.15, 0.2) is 53.3 Å². The average Bonchev–Trinajstić information content (AvgIpc) is 3.07. The van der Waals surface area contributed by atoms with Crippen molar-refractivity contribution in [3.63, 3.8) is 0 Å². The third-order valence-electron chi connectivity index (χ3n) is 4.15. The molecule has 0 aliphatic rings. The van der Waals surface area contributed by atoms with Crippen LogP contribution in [-0.4, -0.2) is 25.2 Å². The van der Waals surface area contributed by atoms with E-state index in [-0.39, 0.29) is 28.2 Å². The molecule has 0 aliphatic carbocycles. The summed E-state index contributed by atoms with van der Waals surface area (Å²) in [4.78, 5) is 21.7. The second-order valence-electron chi connectivity index (χ2n) is 5.73. The van der Waals surface area contributed by atoms with Crippen molar-refractivity contribution >= 4 is 11.2 Å². The SMILES string of the molecule is C#Cc1c(O)c2[nH]c(-c3ccc(-c4ccccc4O)cc3)nc2[nH]c1=O. The van der Waals surface area contributed by atoms with Crippen molar-refractivity contribution in [3.05, 3.63) is 64.4 Å². The highest BCUT2D eigenvalue weighted by molar-refractivity contribution is 5.84. The van der Waals surface area contributed by atoms with E-state index in [2.05, 4.69) is 20.9 Å². The van der Waals surface area contributed by atoms with Crippen molar-refractivity contribution in [3.8, 4) is 46.4 Å². The first kappa shape index (κ1) is 15.5. The molecule has 0 saturated carbocycles. The highest BCUT2D eigenvalue weighted by atomic mass is 16.3. The number of para-hydroxylation sites is 1. The molecular formula is C20H13N3O3. The van der Waals surface area contributed by atoms with Crippen LogP contribution in [0.5, 0.6) is 11.5 Å². The lowest BCUT2D eigenvalue weighted by Gasteiger charge is -2.05. The number of hydrogen-bond donors (Lipinski definition) is 4. The summed E-state index contributed by atoms with van der Waals surface area (Å²) >= 11 is 0. The Kier molecular flexibility index (Phi) is 3.48. The van der Waals surface area contributed by atoms with E-state index < -0.39 is 5.56 Å². The van der Waals surface area contributed by atoms with E-state index in [4.69, 9.17) is 6.42 Å². The first-order valence-electron chi connectivity index (χ1n) is 7.79. The lowest BCUT2D eigenvalue weighted by atomic mass is 10.0. The fourth-order valence-corrected chi connectivity index (χ4v) is 2.83. The zero-order valence-electron chi connectivity index (χ0n) is 13.4. The Bertz CT molecular complexity index is 1230. The molecule has 2 aromatic heterocycles.